The lowest BCUT2D eigenvalue weighted by molar-refractivity contribution is 0.107. The van der Waals surface area contributed by atoms with Crippen LogP contribution in [0.5, 0.6) is 0 Å². The largest absolute Gasteiger partial charge is 0.484 e. The molecule has 0 aliphatic heterocycles. The van der Waals surface area contributed by atoms with Gasteiger partial charge in [0.25, 0.3) is 0 Å². The lowest BCUT2D eigenvalue weighted by atomic mass is 10.9. The highest BCUT2D eigenvalue weighted by molar-refractivity contribution is 6.89. The molecule has 0 bridgehead atoms. The van der Waals surface area contributed by atoms with Gasteiger partial charge in [0.15, 0.2) is 8.32 Å². The summed E-state index contributed by atoms with van der Waals surface area (Å²) in [6.45, 7) is 25.5. The average Bonchev–Trinajstić information content (AvgIpc) is 2.54. The Balaban J connectivity index is 0. The van der Waals surface area contributed by atoms with Crippen LogP contribution in [0.15, 0.2) is 24.6 Å². The van der Waals surface area contributed by atoms with Crippen molar-refractivity contribution in [2.75, 3.05) is 26.4 Å². The van der Waals surface area contributed by atoms with Crippen LogP contribution in [0.1, 0.15) is 27.7 Å². The summed E-state index contributed by atoms with van der Waals surface area (Å²) in [4.78, 5) is 0. The molecule has 0 aromatic rings. The zero-order valence-corrected chi connectivity index (χ0v) is 20.2. The molecule has 0 radical (unpaired) electrons. The van der Waals surface area contributed by atoms with Crippen LogP contribution in [0.2, 0.25) is 31.7 Å². The summed E-state index contributed by atoms with van der Waals surface area (Å²) in [5.74, 6) is 0. The van der Waals surface area contributed by atoms with Crippen LogP contribution in [0.3, 0.4) is 0 Å². The molecule has 0 rings (SSSR count). The van der Waals surface area contributed by atoms with Crippen molar-refractivity contribution in [3.05, 3.63) is 24.6 Å². The molecule has 144 valence electrons. The SMILES string of the molecule is C=C[Si](C)(C=C)CC[Si](C)(C)OCC.CCO[SiH](OCC)OCC. The molecule has 0 heterocycles. The smallest absolute Gasteiger partial charge is 0.418 e. The predicted molar refractivity (Wildman–Crippen MR) is 113 cm³/mol. The molecule has 0 aliphatic carbocycles. The third kappa shape index (κ3) is 14.3. The standard InChI is InChI=1S/C11H24OSi2.C6H16O3Si/c1-7-12-13(4,5)10-11-14(6,8-2)9-3;1-4-7-10(8-5-2)9-6-3/h8-9H,2-3,7,10-11H2,1,4-6H3;10H,4-6H2,1-3H3. The van der Waals surface area contributed by atoms with E-state index in [1.807, 2.05) is 20.8 Å². The first-order chi connectivity index (χ1) is 11.2. The molecule has 0 unspecified atom stereocenters. The third-order valence-electron chi connectivity index (χ3n) is 3.64. The van der Waals surface area contributed by atoms with Crippen LogP contribution in [0.25, 0.3) is 0 Å². The second-order valence-electron chi connectivity index (χ2n) is 6.26. The van der Waals surface area contributed by atoms with Gasteiger partial charge in [0.2, 0.25) is 0 Å². The molecule has 24 heavy (non-hydrogen) atoms. The zero-order chi connectivity index (χ0) is 19.1. The summed E-state index contributed by atoms with van der Waals surface area (Å²) in [7, 11) is -4.49. The highest BCUT2D eigenvalue weighted by atomic mass is 28.4. The summed E-state index contributed by atoms with van der Waals surface area (Å²) < 4.78 is 21.5. The number of hydrogen-bond acceptors (Lipinski definition) is 4. The van der Waals surface area contributed by atoms with Crippen molar-refractivity contribution in [1.82, 2.24) is 0 Å². The van der Waals surface area contributed by atoms with Gasteiger partial charge in [0.05, 0.1) is 8.07 Å². The first-order valence-corrected chi connectivity index (χ1v) is 16.4. The highest BCUT2D eigenvalue weighted by Gasteiger charge is 2.27. The van der Waals surface area contributed by atoms with Crippen molar-refractivity contribution in [2.45, 2.75) is 59.4 Å². The van der Waals surface area contributed by atoms with Gasteiger partial charge >= 0.3 is 9.53 Å². The maximum Gasteiger partial charge on any atom is 0.484 e. The van der Waals surface area contributed by atoms with Crippen molar-refractivity contribution in [1.29, 1.82) is 0 Å². The first-order valence-electron chi connectivity index (χ1n) is 9.00. The molecule has 0 fully saturated rings. The fraction of sp³-hybridized carbons (Fsp3) is 0.765. The lowest BCUT2D eigenvalue weighted by Crippen LogP contribution is -2.34. The highest BCUT2D eigenvalue weighted by Crippen LogP contribution is 2.22. The minimum Gasteiger partial charge on any atom is -0.418 e. The Hall–Kier alpha value is -0.0294. The molecule has 0 aromatic heterocycles. The van der Waals surface area contributed by atoms with Gasteiger partial charge in [-0.2, -0.15) is 0 Å². The Labute approximate surface area is 154 Å². The molecule has 0 aliphatic rings. The van der Waals surface area contributed by atoms with Gasteiger partial charge in [0, 0.05) is 26.4 Å². The van der Waals surface area contributed by atoms with Crippen LogP contribution in [0.4, 0.5) is 0 Å². The maximum absolute atomic E-state index is 5.81. The third-order valence-corrected chi connectivity index (χ3v) is 11.7. The minimum atomic E-state index is -1.73. The molecule has 0 saturated carbocycles. The fourth-order valence-electron chi connectivity index (χ4n) is 1.87. The Morgan fingerprint density at radius 1 is 0.750 bits per heavy atom. The van der Waals surface area contributed by atoms with E-state index in [4.69, 9.17) is 17.7 Å². The second-order valence-corrected chi connectivity index (χ2v) is 16.5. The summed E-state index contributed by atoms with van der Waals surface area (Å²) in [6, 6.07) is 2.46. The van der Waals surface area contributed by atoms with Gasteiger partial charge in [-0.05, 0) is 46.8 Å². The van der Waals surface area contributed by atoms with E-state index in [-0.39, 0.29) is 0 Å². The topological polar surface area (TPSA) is 36.9 Å². The van der Waals surface area contributed by atoms with Gasteiger partial charge in [-0.25, -0.2) is 0 Å². The van der Waals surface area contributed by atoms with Gasteiger partial charge in [-0.3, -0.25) is 0 Å². The first kappa shape index (κ1) is 26.2. The number of hydrogen-bond donors (Lipinski definition) is 0. The molecule has 4 nitrogen and oxygen atoms in total. The van der Waals surface area contributed by atoms with E-state index in [1.54, 1.807) is 0 Å². The Morgan fingerprint density at radius 3 is 1.46 bits per heavy atom. The summed E-state index contributed by atoms with van der Waals surface area (Å²) >= 11 is 0. The van der Waals surface area contributed by atoms with Crippen molar-refractivity contribution in [3.8, 4) is 0 Å². The molecule has 0 amide bonds. The van der Waals surface area contributed by atoms with E-state index in [9.17, 15) is 0 Å². The van der Waals surface area contributed by atoms with E-state index in [2.05, 4.69) is 51.1 Å². The molecular formula is C17H40O4Si3. The van der Waals surface area contributed by atoms with Crippen molar-refractivity contribution in [3.63, 3.8) is 0 Å². The lowest BCUT2D eigenvalue weighted by Gasteiger charge is -2.26. The van der Waals surface area contributed by atoms with Crippen LogP contribution in [-0.4, -0.2) is 52.3 Å². The van der Waals surface area contributed by atoms with Crippen molar-refractivity contribution in [2.24, 2.45) is 0 Å². The Kier molecular flexibility index (Phi) is 16.6. The molecular weight excluding hydrogens is 352 g/mol. The molecule has 0 saturated heterocycles. The second kappa shape index (κ2) is 15.2. The van der Waals surface area contributed by atoms with E-state index < -0.39 is 25.9 Å². The Bertz CT molecular complexity index is 303. The van der Waals surface area contributed by atoms with E-state index in [0.29, 0.717) is 19.8 Å². The average molecular weight is 393 g/mol. The van der Waals surface area contributed by atoms with Gasteiger partial charge in [-0.15, -0.1) is 13.2 Å². The molecule has 0 atom stereocenters. The fourth-order valence-corrected chi connectivity index (χ4v) is 9.04. The van der Waals surface area contributed by atoms with Crippen LogP contribution in [0, 0.1) is 0 Å². The minimum absolute atomic E-state index is 0.677. The summed E-state index contributed by atoms with van der Waals surface area (Å²) in [6.07, 6.45) is 0. The quantitative estimate of drug-likeness (QED) is 0.430. The summed E-state index contributed by atoms with van der Waals surface area (Å²) in [5.41, 5.74) is 4.24. The van der Waals surface area contributed by atoms with Crippen molar-refractivity contribution < 1.29 is 17.7 Å². The van der Waals surface area contributed by atoms with Crippen LogP contribution in [-0.2, 0) is 17.7 Å². The van der Waals surface area contributed by atoms with Crippen LogP contribution < -0.4 is 0 Å². The predicted octanol–water partition coefficient (Wildman–Crippen LogP) is 4.57. The molecule has 0 spiro atoms. The summed E-state index contributed by atoms with van der Waals surface area (Å²) in [5, 5.41) is 0. The molecule has 7 heteroatoms. The Morgan fingerprint density at radius 2 is 1.17 bits per heavy atom. The van der Waals surface area contributed by atoms with Gasteiger partial charge in [0.1, 0.15) is 0 Å². The van der Waals surface area contributed by atoms with E-state index in [0.717, 1.165) is 6.61 Å². The number of rotatable bonds is 13. The van der Waals surface area contributed by atoms with Gasteiger partial charge in [-0.1, -0.05) is 24.0 Å². The zero-order valence-electron chi connectivity index (χ0n) is 17.0. The van der Waals surface area contributed by atoms with Crippen molar-refractivity contribution >= 4 is 25.9 Å². The van der Waals surface area contributed by atoms with E-state index >= 15 is 0 Å². The molecule has 0 aromatic carbocycles. The maximum atomic E-state index is 5.81. The van der Waals surface area contributed by atoms with E-state index in [1.165, 1.54) is 12.1 Å². The molecule has 0 N–H and O–H groups in total. The van der Waals surface area contributed by atoms with Crippen LogP contribution >= 0.6 is 0 Å². The monoisotopic (exact) mass is 392 g/mol. The normalized spacial score (nSPS) is 11.8. The van der Waals surface area contributed by atoms with Gasteiger partial charge < -0.3 is 17.7 Å².